The molecule has 3 aromatic rings. The Bertz CT molecular complexity index is 849. The van der Waals surface area contributed by atoms with Gasteiger partial charge in [-0.25, -0.2) is 4.39 Å². The maximum absolute atomic E-state index is 13.6. The number of carbonyl (C=O) groups is 1. The number of hydrogen-bond acceptors (Lipinski definition) is 4. The molecule has 128 valence electrons. The second-order valence-corrected chi connectivity index (χ2v) is 5.48. The minimum atomic E-state index is -0.507. The van der Waals surface area contributed by atoms with Gasteiger partial charge in [-0.3, -0.25) is 4.79 Å². The molecular formula is C19H17FN2O3. The molecule has 1 amide bonds. The zero-order chi connectivity index (χ0) is 17.6. The Morgan fingerprint density at radius 1 is 1.16 bits per heavy atom. The first-order valence-corrected chi connectivity index (χ1v) is 7.73. The van der Waals surface area contributed by atoms with Crippen molar-refractivity contribution in [3.8, 4) is 0 Å². The van der Waals surface area contributed by atoms with E-state index in [9.17, 15) is 9.18 Å². The minimum Gasteiger partial charge on any atom is -0.377 e. The van der Waals surface area contributed by atoms with Crippen LogP contribution in [0.25, 0.3) is 0 Å². The SMILES string of the molecule is COCc1cc(C(=O)NC(c2ccccc2)c2cccc(F)c2)no1. The summed E-state index contributed by atoms with van der Waals surface area (Å²) in [6.45, 7) is 0.228. The largest absolute Gasteiger partial charge is 0.377 e. The average Bonchev–Trinajstić information content (AvgIpc) is 3.09. The van der Waals surface area contributed by atoms with Crippen LogP contribution in [0, 0.1) is 5.82 Å². The fourth-order valence-corrected chi connectivity index (χ4v) is 2.53. The first-order chi connectivity index (χ1) is 12.2. The van der Waals surface area contributed by atoms with Crippen LogP contribution in [0.1, 0.15) is 33.4 Å². The van der Waals surface area contributed by atoms with Gasteiger partial charge in [-0.15, -0.1) is 0 Å². The van der Waals surface area contributed by atoms with E-state index in [0.717, 1.165) is 5.56 Å². The lowest BCUT2D eigenvalue weighted by Gasteiger charge is -2.19. The van der Waals surface area contributed by atoms with E-state index in [1.54, 1.807) is 12.1 Å². The summed E-state index contributed by atoms with van der Waals surface area (Å²) >= 11 is 0. The predicted octanol–water partition coefficient (Wildman–Crippen LogP) is 3.48. The Morgan fingerprint density at radius 3 is 2.64 bits per heavy atom. The number of methoxy groups -OCH3 is 1. The van der Waals surface area contributed by atoms with Crippen molar-refractivity contribution < 1.29 is 18.4 Å². The maximum Gasteiger partial charge on any atom is 0.274 e. The van der Waals surface area contributed by atoms with Gasteiger partial charge < -0.3 is 14.6 Å². The standard InChI is InChI=1S/C19H17FN2O3/c1-24-12-16-11-17(22-25-16)19(23)21-18(13-6-3-2-4-7-13)14-8-5-9-15(20)10-14/h2-11,18H,12H2,1H3,(H,21,23). The first kappa shape index (κ1) is 16.9. The number of amides is 1. The van der Waals surface area contributed by atoms with Gasteiger partial charge in [-0.1, -0.05) is 47.6 Å². The second-order valence-electron chi connectivity index (χ2n) is 5.48. The third-order valence-corrected chi connectivity index (χ3v) is 3.67. The third kappa shape index (κ3) is 4.10. The van der Waals surface area contributed by atoms with E-state index in [-0.39, 0.29) is 18.1 Å². The quantitative estimate of drug-likeness (QED) is 0.746. The summed E-state index contributed by atoms with van der Waals surface area (Å²) < 4.78 is 23.6. The Balaban J connectivity index is 1.88. The Morgan fingerprint density at radius 2 is 1.92 bits per heavy atom. The smallest absolute Gasteiger partial charge is 0.274 e. The van der Waals surface area contributed by atoms with Gasteiger partial charge >= 0.3 is 0 Å². The lowest BCUT2D eigenvalue weighted by molar-refractivity contribution is 0.0933. The zero-order valence-corrected chi connectivity index (χ0v) is 13.6. The number of nitrogens with one attached hydrogen (secondary N) is 1. The van der Waals surface area contributed by atoms with E-state index in [4.69, 9.17) is 9.26 Å². The first-order valence-electron chi connectivity index (χ1n) is 7.73. The van der Waals surface area contributed by atoms with Crippen LogP contribution >= 0.6 is 0 Å². The number of halogens is 1. The van der Waals surface area contributed by atoms with Crippen molar-refractivity contribution in [1.82, 2.24) is 10.5 Å². The van der Waals surface area contributed by atoms with Crippen LogP contribution in [-0.4, -0.2) is 18.2 Å². The molecule has 1 aromatic heterocycles. The van der Waals surface area contributed by atoms with E-state index >= 15 is 0 Å². The molecule has 0 aliphatic rings. The number of ether oxygens (including phenoxy) is 1. The normalized spacial score (nSPS) is 11.9. The number of rotatable bonds is 6. The minimum absolute atomic E-state index is 0.143. The van der Waals surface area contributed by atoms with Crippen LogP contribution < -0.4 is 5.32 Å². The maximum atomic E-state index is 13.6. The van der Waals surface area contributed by atoms with Gasteiger partial charge in [0.25, 0.3) is 5.91 Å². The van der Waals surface area contributed by atoms with Gasteiger partial charge in [0, 0.05) is 13.2 Å². The van der Waals surface area contributed by atoms with Crippen LogP contribution in [0.3, 0.4) is 0 Å². The van der Waals surface area contributed by atoms with Crippen molar-refractivity contribution >= 4 is 5.91 Å². The Kier molecular flexibility index (Phi) is 5.20. The van der Waals surface area contributed by atoms with Crippen molar-refractivity contribution in [2.45, 2.75) is 12.6 Å². The van der Waals surface area contributed by atoms with Crippen molar-refractivity contribution in [2.75, 3.05) is 7.11 Å². The van der Waals surface area contributed by atoms with E-state index in [1.165, 1.54) is 25.3 Å². The summed E-state index contributed by atoms with van der Waals surface area (Å²) in [5.74, 6) is -0.324. The summed E-state index contributed by atoms with van der Waals surface area (Å²) in [6.07, 6.45) is 0. The summed E-state index contributed by atoms with van der Waals surface area (Å²) in [5, 5.41) is 6.63. The molecular weight excluding hydrogens is 323 g/mol. The average molecular weight is 340 g/mol. The van der Waals surface area contributed by atoms with Crippen LogP contribution in [0.4, 0.5) is 4.39 Å². The highest BCUT2D eigenvalue weighted by molar-refractivity contribution is 5.92. The topological polar surface area (TPSA) is 64.4 Å². The van der Waals surface area contributed by atoms with Crippen LogP contribution in [-0.2, 0) is 11.3 Å². The van der Waals surface area contributed by atoms with Crippen LogP contribution in [0.2, 0.25) is 0 Å². The molecule has 0 aliphatic carbocycles. The summed E-state index contributed by atoms with van der Waals surface area (Å²) in [5.41, 5.74) is 1.62. The van der Waals surface area contributed by atoms with Gasteiger partial charge in [0.15, 0.2) is 11.5 Å². The van der Waals surface area contributed by atoms with Gasteiger partial charge in [-0.2, -0.15) is 0 Å². The lowest BCUT2D eigenvalue weighted by Crippen LogP contribution is -2.29. The monoisotopic (exact) mass is 340 g/mol. The molecule has 0 fully saturated rings. The number of hydrogen-bond donors (Lipinski definition) is 1. The third-order valence-electron chi connectivity index (χ3n) is 3.67. The Labute approximate surface area is 144 Å². The highest BCUT2D eigenvalue weighted by atomic mass is 19.1. The zero-order valence-electron chi connectivity index (χ0n) is 13.6. The van der Waals surface area contributed by atoms with Gasteiger partial charge in [0.1, 0.15) is 12.4 Å². The molecule has 0 saturated carbocycles. The molecule has 1 N–H and O–H groups in total. The van der Waals surface area contributed by atoms with Crippen molar-refractivity contribution in [1.29, 1.82) is 0 Å². The summed E-state index contributed by atoms with van der Waals surface area (Å²) in [4.78, 5) is 12.5. The molecule has 0 aliphatic heterocycles. The number of benzene rings is 2. The Hall–Kier alpha value is -2.99. The molecule has 25 heavy (non-hydrogen) atoms. The molecule has 2 aromatic carbocycles. The molecule has 0 bridgehead atoms. The molecule has 6 heteroatoms. The van der Waals surface area contributed by atoms with Crippen LogP contribution in [0.15, 0.2) is 65.2 Å². The molecule has 3 rings (SSSR count). The number of aromatic nitrogens is 1. The number of carbonyl (C=O) groups excluding carboxylic acids is 1. The summed E-state index contributed by atoms with van der Waals surface area (Å²) in [6, 6.07) is 16.5. The molecule has 5 nitrogen and oxygen atoms in total. The van der Waals surface area contributed by atoms with E-state index < -0.39 is 11.9 Å². The van der Waals surface area contributed by atoms with E-state index in [1.807, 2.05) is 30.3 Å². The molecule has 0 saturated heterocycles. The van der Waals surface area contributed by atoms with Gasteiger partial charge in [-0.05, 0) is 23.3 Å². The second kappa shape index (κ2) is 7.72. The molecule has 0 spiro atoms. The highest BCUT2D eigenvalue weighted by Gasteiger charge is 2.20. The fourth-order valence-electron chi connectivity index (χ4n) is 2.53. The van der Waals surface area contributed by atoms with E-state index in [0.29, 0.717) is 11.3 Å². The molecule has 1 heterocycles. The predicted molar refractivity (Wildman–Crippen MR) is 89.4 cm³/mol. The molecule has 1 atom stereocenters. The molecule has 1 unspecified atom stereocenters. The number of nitrogens with zero attached hydrogens (tertiary/aromatic N) is 1. The van der Waals surface area contributed by atoms with Crippen molar-refractivity contribution in [2.24, 2.45) is 0 Å². The van der Waals surface area contributed by atoms with Crippen molar-refractivity contribution in [3.63, 3.8) is 0 Å². The highest BCUT2D eigenvalue weighted by Crippen LogP contribution is 2.23. The van der Waals surface area contributed by atoms with Gasteiger partial charge in [0.2, 0.25) is 0 Å². The van der Waals surface area contributed by atoms with E-state index in [2.05, 4.69) is 10.5 Å². The summed E-state index contributed by atoms with van der Waals surface area (Å²) in [7, 11) is 1.53. The fraction of sp³-hybridized carbons (Fsp3) is 0.158. The van der Waals surface area contributed by atoms with Gasteiger partial charge in [0.05, 0.1) is 6.04 Å². The molecule has 0 radical (unpaired) electrons. The lowest BCUT2D eigenvalue weighted by atomic mass is 9.98. The van der Waals surface area contributed by atoms with Crippen molar-refractivity contribution in [3.05, 3.63) is 89.1 Å². The van der Waals surface area contributed by atoms with Crippen LogP contribution in [0.5, 0.6) is 0 Å².